The number of nitrogens with zero attached hydrogens (tertiary/aromatic N) is 1. The van der Waals surface area contributed by atoms with Gasteiger partial charge in [0.2, 0.25) is 0 Å². The van der Waals surface area contributed by atoms with Gasteiger partial charge in [0, 0.05) is 10.9 Å². The molecule has 0 radical (unpaired) electrons. The summed E-state index contributed by atoms with van der Waals surface area (Å²) in [5, 5.41) is 10.6. The van der Waals surface area contributed by atoms with Gasteiger partial charge in [-0.15, -0.1) is 6.42 Å². The summed E-state index contributed by atoms with van der Waals surface area (Å²) >= 11 is 1.19. The van der Waals surface area contributed by atoms with Gasteiger partial charge in [0.25, 0.3) is 0 Å². The van der Waals surface area contributed by atoms with Crippen molar-refractivity contribution in [1.82, 2.24) is 0 Å². The van der Waals surface area contributed by atoms with E-state index in [-0.39, 0.29) is 15.3 Å². The second-order valence-corrected chi connectivity index (χ2v) is 4.18. The SMILES string of the molecule is C#CC1(c2ccc([N+](=O)[O-])s2)CC1. The Balaban J connectivity index is 2.34. The quantitative estimate of drug-likeness (QED) is 0.411. The van der Waals surface area contributed by atoms with E-state index in [2.05, 4.69) is 5.92 Å². The van der Waals surface area contributed by atoms with E-state index in [0.29, 0.717) is 0 Å². The third-order valence-electron chi connectivity index (χ3n) is 2.27. The van der Waals surface area contributed by atoms with Gasteiger partial charge in [0.1, 0.15) is 0 Å². The Morgan fingerprint density at radius 1 is 1.62 bits per heavy atom. The molecular formula is C9H7NO2S. The summed E-state index contributed by atoms with van der Waals surface area (Å²) in [4.78, 5) is 11.0. The molecule has 0 saturated heterocycles. The zero-order chi connectivity index (χ0) is 9.47. The third kappa shape index (κ3) is 1.21. The Bertz CT molecular complexity index is 398. The van der Waals surface area contributed by atoms with Crippen LogP contribution in [0.4, 0.5) is 5.00 Å². The van der Waals surface area contributed by atoms with Crippen LogP contribution in [0, 0.1) is 22.5 Å². The molecule has 66 valence electrons. The van der Waals surface area contributed by atoms with E-state index in [1.54, 1.807) is 6.07 Å². The summed E-state index contributed by atoms with van der Waals surface area (Å²) in [5.74, 6) is 2.71. The smallest absolute Gasteiger partial charge is 0.258 e. The summed E-state index contributed by atoms with van der Waals surface area (Å²) in [7, 11) is 0. The molecule has 3 nitrogen and oxygen atoms in total. The van der Waals surface area contributed by atoms with Gasteiger partial charge in [0.05, 0.1) is 10.3 Å². The Kier molecular flexibility index (Phi) is 1.64. The highest BCUT2D eigenvalue weighted by Gasteiger charge is 2.44. The predicted octanol–water partition coefficient (Wildman–Crippen LogP) is 2.32. The van der Waals surface area contributed by atoms with E-state index in [9.17, 15) is 10.1 Å². The Hall–Kier alpha value is -1.34. The standard InChI is InChI=1S/C9H7NO2S/c1-2-9(5-6-9)7-3-4-8(13-7)10(11)12/h1,3-4H,5-6H2. The van der Waals surface area contributed by atoms with Crippen molar-refractivity contribution in [3.8, 4) is 12.3 Å². The lowest BCUT2D eigenvalue weighted by Crippen LogP contribution is -1.97. The summed E-state index contributed by atoms with van der Waals surface area (Å²) < 4.78 is 0. The van der Waals surface area contributed by atoms with Crippen molar-refractivity contribution in [2.45, 2.75) is 18.3 Å². The van der Waals surface area contributed by atoms with Crippen molar-refractivity contribution in [1.29, 1.82) is 0 Å². The Labute approximate surface area is 79.5 Å². The molecule has 0 aromatic carbocycles. The molecule has 2 rings (SSSR count). The first kappa shape index (κ1) is 8.27. The number of hydrogen-bond acceptors (Lipinski definition) is 3. The normalized spacial score (nSPS) is 17.8. The molecule has 1 aliphatic rings. The van der Waals surface area contributed by atoms with Gasteiger partial charge >= 0.3 is 5.00 Å². The molecular weight excluding hydrogens is 186 g/mol. The van der Waals surface area contributed by atoms with Gasteiger partial charge in [-0.3, -0.25) is 10.1 Å². The first-order valence-corrected chi connectivity index (χ1v) is 4.72. The maximum absolute atomic E-state index is 10.4. The van der Waals surface area contributed by atoms with E-state index < -0.39 is 0 Å². The van der Waals surface area contributed by atoms with Crippen molar-refractivity contribution in [3.05, 3.63) is 27.1 Å². The van der Waals surface area contributed by atoms with Crippen LogP contribution >= 0.6 is 11.3 Å². The molecule has 13 heavy (non-hydrogen) atoms. The van der Waals surface area contributed by atoms with Crippen LogP contribution in [-0.4, -0.2) is 4.92 Å². The molecule has 1 aliphatic carbocycles. The minimum Gasteiger partial charge on any atom is -0.258 e. The van der Waals surface area contributed by atoms with Crippen molar-refractivity contribution in [3.63, 3.8) is 0 Å². The number of thiophene rings is 1. The minimum absolute atomic E-state index is 0.168. The van der Waals surface area contributed by atoms with E-state index in [4.69, 9.17) is 6.42 Å². The lowest BCUT2D eigenvalue weighted by atomic mass is 10.1. The van der Waals surface area contributed by atoms with Crippen LogP contribution in [0.1, 0.15) is 17.7 Å². The molecule has 0 unspecified atom stereocenters. The molecule has 0 spiro atoms. The van der Waals surface area contributed by atoms with Crippen LogP contribution in [0.25, 0.3) is 0 Å². The van der Waals surface area contributed by atoms with Crippen LogP contribution < -0.4 is 0 Å². The molecule has 4 heteroatoms. The second-order valence-electron chi connectivity index (χ2n) is 3.12. The number of terminal acetylenes is 1. The second kappa shape index (κ2) is 2.57. The minimum atomic E-state index is -0.374. The fraction of sp³-hybridized carbons (Fsp3) is 0.333. The highest BCUT2D eigenvalue weighted by molar-refractivity contribution is 7.15. The zero-order valence-corrected chi connectivity index (χ0v) is 7.63. The van der Waals surface area contributed by atoms with E-state index in [1.165, 1.54) is 17.4 Å². The average molecular weight is 193 g/mol. The Morgan fingerprint density at radius 3 is 2.69 bits per heavy atom. The van der Waals surface area contributed by atoms with Crippen molar-refractivity contribution in [2.24, 2.45) is 0 Å². The van der Waals surface area contributed by atoms with E-state index >= 15 is 0 Å². The average Bonchev–Trinajstić information content (AvgIpc) is 2.75. The zero-order valence-electron chi connectivity index (χ0n) is 6.82. The van der Waals surface area contributed by atoms with Gasteiger partial charge < -0.3 is 0 Å². The highest BCUT2D eigenvalue weighted by atomic mass is 32.1. The van der Waals surface area contributed by atoms with Crippen molar-refractivity contribution >= 4 is 16.3 Å². The summed E-state index contributed by atoms with van der Waals surface area (Å²) in [6.45, 7) is 0. The van der Waals surface area contributed by atoms with Gasteiger partial charge in [-0.1, -0.05) is 17.3 Å². The van der Waals surface area contributed by atoms with Gasteiger partial charge in [-0.05, 0) is 18.9 Å². The topological polar surface area (TPSA) is 43.1 Å². The predicted molar refractivity (Wildman–Crippen MR) is 50.7 cm³/mol. The van der Waals surface area contributed by atoms with Crippen molar-refractivity contribution < 1.29 is 4.92 Å². The fourth-order valence-electron chi connectivity index (χ4n) is 1.27. The maximum atomic E-state index is 10.4. The number of hydrogen-bond donors (Lipinski definition) is 0. The van der Waals surface area contributed by atoms with E-state index in [0.717, 1.165) is 17.7 Å². The molecule has 0 atom stereocenters. The molecule has 0 N–H and O–H groups in total. The first-order chi connectivity index (χ1) is 6.18. The van der Waals surface area contributed by atoms with Gasteiger partial charge in [-0.2, -0.15) is 0 Å². The monoisotopic (exact) mass is 193 g/mol. The summed E-state index contributed by atoms with van der Waals surface area (Å²) in [6.07, 6.45) is 7.29. The van der Waals surface area contributed by atoms with Crippen LogP contribution in [0.3, 0.4) is 0 Å². The third-order valence-corrected chi connectivity index (χ3v) is 3.51. The van der Waals surface area contributed by atoms with Crippen LogP contribution in [-0.2, 0) is 5.41 Å². The van der Waals surface area contributed by atoms with Crippen LogP contribution in [0.2, 0.25) is 0 Å². The molecule has 0 bridgehead atoms. The lowest BCUT2D eigenvalue weighted by molar-refractivity contribution is -0.380. The Morgan fingerprint density at radius 2 is 2.31 bits per heavy atom. The summed E-state index contributed by atoms with van der Waals surface area (Å²) in [6, 6.07) is 3.30. The lowest BCUT2D eigenvalue weighted by Gasteiger charge is -2.00. The van der Waals surface area contributed by atoms with Gasteiger partial charge in [0.15, 0.2) is 0 Å². The summed E-state index contributed by atoms with van der Waals surface area (Å²) in [5.41, 5.74) is -0.168. The van der Waals surface area contributed by atoms with Crippen LogP contribution in [0.15, 0.2) is 12.1 Å². The molecule has 1 saturated carbocycles. The molecule has 1 heterocycles. The largest absolute Gasteiger partial charge is 0.324 e. The molecule has 1 aromatic rings. The molecule has 1 aromatic heterocycles. The molecule has 0 amide bonds. The maximum Gasteiger partial charge on any atom is 0.324 e. The number of nitro groups is 1. The van der Waals surface area contributed by atoms with Gasteiger partial charge in [-0.25, -0.2) is 0 Å². The number of rotatable bonds is 2. The fourth-order valence-corrected chi connectivity index (χ4v) is 2.30. The van der Waals surface area contributed by atoms with Crippen LogP contribution in [0.5, 0.6) is 0 Å². The first-order valence-electron chi connectivity index (χ1n) is 3.90. The van der Waals surface area contributed by atoms with E-state index in [1.807, 2.05) is 0 Å². The highest BCUT2D eigenvalue weighted by Crippen LogP contribution is 2.50. The van der Waals surface area contributed by atoms with Crippen molar-refractivity contribution in [2.75, 3.05) is 0 Å². The molecule has 1 fully saturated rings. The molecule has 0 aliphatic heterocycles.